The third-order valence-electron chi connectivity index (χ3n) is 8.39. The van der Waals surface area contributed by atoms with E-state index in [2.05, 4.69) is 107 Å². The molecule has 2 aliphatic carbocycles. The number of aromatic nitrogens is 1. The van der Waals surface area contributed by atoms with E-state index in [-0.39, 0.29) is 0 Å². The number of rotatable bonds is 0. The lowest BCUT2D eigenvalue weighted by Gasteiger charge is -2.30. The maximum Gasteiger partial charge on any atom is 0.144 e. The van der Waals surface area contributed by atoms with E-state index in [1.165, 1.54) is 44.5 Å². The van der Waals surface area contributed by atoms with Gasteiger partial charge in [0, 0.05) is 38.0 Å². The van der Waals surface area contributed by atoms with E-state index in [0.29, 0.717) is 0 Å². The van der Waals surface area contributed by atoms with Crippen molar-refractivity contribution in [3.05, 3.63) is 136 Å². The van der Waals surface area contributed by atoms with Gasteiger partial charge in [0.15, 0.2) is 0 Å². The first-order valence-electron chi connectivity index (χ1n) is 12.5. The molecule has 1 spiro atoms. The molecule has 2 aromatic heterocycles. The van der Waals surface area contributed by atoms with Crippen LogP contribution in [-0.2, 0) is 5.41 Å². The van der Waals surface area contributed by atoms with Crippen LogP contribution in [0.15, 0.2) is 118 Å². The summed E-state index contributed by atoms with van der Waals surface area (Å²) in [4.78, 5) is 4.89. The predicted molar refractivity (Wildman–Crippen MR) is 153 cm³/mol. The molecule has 2 nitrogen and oxygen atoms in total. The Bertz CT molecular complexity index is 2120. The SMILES string of the molecule is Brc1cc2c(c3oc4ccccc4c13)-c1ccccc1C21c2ccccc2-c2c1ccc1cccnc21. The molecule has 0 saturated carbocycles. The molecule has 2 aliphatic rings. The maximum atomic E-state index is 6.64. The van der Waals surface area contributed by atoms with Gasteiger partial charge in [-0.2, -0.15) is 0 Å². The van der Waals surface area contributed by atoms with Gasteiger partial charge in [-0.05, 0) is 51.6 Å². The van der Waals surface area contributed by atoms with Crippen molar-refractivity contribution in [2.75, 3.05) is 0 Å². The minimum atomic E-state index is -0.445. The summed E-state index contributed by atoms with van der Waals surface area (Å²) in [5, 5.41) is 3.43. The van der Waals surface area contributed by atoms with Crippen molar-refractivity contribution in [3.8, 4) is 22.3 Å². The van der Waals surface area contributed by atoms with Crippen molar-refractivity contribution in [1.29, 1.82) is 0 Å². The Hall–Kier alpha value is -4.21. The summed E-state index contributed by atoms with van der Waals surface area (Å²) in [5.41, 5.74) is 12.5. The molecule has 1 unspecified atom stereocenters. The fraction of sp³-hybridized carbons (Fsp3) is 0.0294. The van der Waals surface area contributed by atoms with Gasteiger partial charge in [0.1, 0.15) is 11.2 Å². The summed E-state index contributed by atoms with van der Waals surface area (Å²) >= 11 is 3.97. The lowest BCUT2D eigenvalue weighted by atomic mass is 9.70. The minimum Gasteiger partial charge on any atom is -0.455 e. The molecule has 0 fully saturated rings. The molecule has 37 heavy (non-hydrogen) atoms. The highest BCUT2D eigenvalue weighted by Gasteiger charge is 2.53. The number of pyridine rings is 1. The third-order valence-corrected chi connectivity index (χ3v) is 9.01. The van der Waals surface area contributed by atoms with Crippen LogP contribution >= 0.6 is 15.9 Å². The quantitative estimate of drug-likeness (QED) is 0.193. The average Bonchev–Trinajstić information content (AvgIpc) is 3.57. The molecule has 0 amide bonds. The van der Waals surface area contributed by atoms with Crippen molar-refractivity contribution in [2.24, 2.45) is 0 Å². The number of nitrogens with zero attached hydrogens (tertiary/aromatic N) is 1. The summed E-state index contributed by atoms with van der Waals surface area (Å²) in [6.45, 7) is 0. The first-order chi connectivity index (χ1) is 18.3. The largest absolute Gasteiger partial charge is 0.455 e. The highest BCUT2D eigenvalue weighted by atomic mass is 79.9. The molecular weight excluding hydrogens is 518 g/mol. The zero-order valence-corrected chi connectivity index (χ0v) is 21.2. The summed E-state index contributed by atoms with van der Waals surface area (Å²) in [6.07, 6.45) is 1.90. The fourth-order valence-electron chi connectivity index (χ4n) is 7.07. The molecule has 7 aromatic rings. The van der Waals surface area contributed by atoms with Crippen molar-refractivity contribution < 1.29 is 4.42 Å². The number of halogens is 1. The summed E-state index contributed by atoms with van der Waals surface area (Å²) in [5.74, 6) is 0. The van der Waals surface area contributed by atoms with Crippen molar-refractivity contribution in [2.45, 2.75) is 5.41 Å². The molecule has 9 rings (SSSR count). The van der Waals surface area contributed by atoms with Crippen LogP contribution in [0.4, 0.5) is 0 Å². The smallest absolute Gasteiger partial charge is 0.144 e. The molecular formula is C34H18BrNO. The molecule has 0 aliphatic heterocycles. The number of fused-ring (bicyclic) bond motifs is 16. The Morgan fingerprint density at radius 3 is 2.22 bits per heavy atom. The lowest BCUT2D eigenvalue weighted by Crippen LogP contribution is -2.25. The van der Waals surface area contributed by atoms with Crippen LogP contribution in [0, 0.1) is 0 Å². The van der Waals surface area contributed by atoms with E-state index in [9.17, 15) is 0 Å². The first-order valence-corrected chi connectivity index (χ1v) is 13.3. The standard InChI is InChI=1S/C34H18BrNO/c35-27-18-26-30(33-31(27)22-11-3-6-14-28(22)37-33)21-10-2-5-13-24(21)34(26)23-12-4-1-9-20(23)29-25(34)16-15-19-8-7-17-36-32(19)29/h1-18H. The number of hydrogen-bond acceptors (Lipinski definition) is 2. The number of para-hydroxylation sites is 1. The predicted octanol–water partition coefficient (Wildman–Crippen LogP) is 9.24. The van der Waals surface area contributed by atoms with Gasteiger partial charge in [-0.3, -0.25) is 4.98 Å². The van der Waals surface area contributed by atoms with Crippen LogP contribution < -0.4 is 0 Å². The van der Waals surface area contributed by atoms with Crippen LogP contribution in [0.2, 0.25) is 0 Å². The highest BCUT2D eigenvalue weighted by molar-refractivity contribution is 9.10. The number of benzene rings is 5. The molecule has 1 atom stereocenters. The Morgan fingerprint density at radius 1 is 0.649 bits per heavy atom. The van der Waals surface area contributed by atoms with Gasteiger partial charge in [-0.1, -0.05) is 101 Å². The van der Waals surface area contributed by atoms with Gasteiger partial charge in [-0.15, -0.1) is 0 Å². The first kappa shape index (κ1) is 19.9. The third kappa shape index (κ3) is 2.22. The molecule has 0 saturated heterocycles. The second kappa shape index (κ2) is 6.76. The maximum absolute atomic E-state index is 6.64. The van der Waals surface area contributed by atoms with Crippen LogP contribution in [0.5, 0.6) is 0 Å². The van der Waals surface area contributed by atoms with E-state index >= 15 is 0 Å². The van der Waals surface area contributed by atoms with Crippen molar-refractivity contribution in [3.63, 3.8) is 0 Å². The Morgan fingerprint density at radius 2 is 1.38 bits per heavy atom. The zero-order chi connectivity index (χ0) is 24.3. The fourth-order valence-corrected chi connectivity index (χ4v) is 7.69. The average molecular weight is 536 g/mol. The minimum absolute atomic E-state index is 0.445. The van der Waals surface area contributed by atoms with E-state index in [1.54, 1.807) is 0 Å². The summed E-state index contributed by atoms with van der Waals surface area (Å²) < 4.78 is 7.70. The van der Waals surface area contributed by atoms with E-state index in [4.69, 9.17) is 9.40 Å². The molecule has 2 heterocycles. The molecule has 0 bridgehead atoms. The number of hydrogen-bond donors (Lipinski definition) is 0. The molecule has 0 N–H and O–H groups in total. The van der Waals surface area contributed by atoms with Crippen LogP contribution in [0.25, 0.3) is 55.1 Å². The van der Waals surface area contributed by atoms with Crippen LogP contribution in [0.1, 0.15) is 22.3 Å². The van der Waals surface area contributed by atoms with E-state index in [0.717, 1.165) is 37.3 Å². The monoisotopic (exact) mass is 535 g/mol. The van der Waals surface area contributed by atoms with Gasteiger partial charge >= 0.3 is 0 Å². The van der Waals surface area contributed by atoms with Crippen molar-refractivity contribution in [1.82, 2.24) is 4.98 Å². The molecule has 3 heteroatoms. The highest BCUT2D eigenvalue weighted by Crippen LogP contribution is 2.65. The van der Waals surface area contributed by atoms with Crippen LogP contribution in [-0.4, -0.2) is 4.98 Å². The van der Waals surface area contributed by atoms with E-state index in [1.807, 2.05) is 18.3 Å². The second-order valence-corrected chi connectivity index (χ2v) is 10.8. The van der Waals surface area contributed by atoms with Gasteiger partial charge in [-0.25, -0.2) is 0 Å². The van der Waals surface area contributed by atoms with Crippen molar-refractivity contribution >= 4 is 48.8 Å². The lowest BCUT2D eigenvalue weighted by molar-refractivity contribution is 0.669. The Kier molecular flexibility index (Phi) is 3.64. The zero-order valence-electron chi connectivity index (χ0n) is 19.6. The molecule has 5 aromatic carbocycles. The Balaban J connectivity index is 1.54. The normalized spacial score (nSPS) is 16.9. The summed E-state index contributed by atoms with van der Waals surface area (Å²) in [6, 6.07) is 37.1. The van der Waals surface area contributed by atoms with E-state index < -0.39 is 5.41 Å². The van der Waals surface area contributed by atoms with Crippen LogP contribution in [0.3, 0.4) is 0 Å². The van der Waals surface area contributed by atoms with Gasteiger partial charge < -0.3 is 4.42 Å². The van der Waals surface area contributed by atoms with Gasteiger partial charge in [0.05, 0.1) is 10.9 Å². The molecule has 172 valence electrons. The van der Waals surface area contributed by atoms with Gasteiger partial charge in [0.2, 0.25) is 0 Å². The Labute approximate surface area is 221 Å². The summed E-state index contributed by atoms with van der Waals surface area (Å²) in [7, 11) is 0. The molecule has 0 radical (unpaired) electrons. The number of furan rings is 1. The second-order valence-electron chi connectivity index (χ2n) is 9.99. The topological polar surface area (TPSA) is 26.0 Å². The van der Waals surface area contributed by atoms with Gasteiger partial charge in [0.25, 0.3) is 0 Å².